The van der Waals surface area contributed by atoms with Gasteiger partial charge in [0.25, 0.3) is 0 Å². The van der Waals surface area contributed by atoms with Gasteiger partial charge >= 0.3 is 0 Å². The summed E-state index contributed by atoms with van der Waals surface area (Å²) < 4.78 is 16.3. The summed E-state index contributed by atoms with van der Waals surface area (Å²) in [5, 5.41) is 7.54. The maximum Gasteiger partial charge on any atom is 0.130 e. The predicted octanol–water partition coefficient (Wildman–Crippen LogP) is 1.71. The quantitative estimate of drug-likeness (QED) is 0.845. The van der Waals surface area contributed by atoms with Crippen molar-refractivity contribution in [2.24, 2.45) is 0 Å². The molecule has 1 aromatic heterocycles. The van der Waals surface area contributed by atoms with Gasteiger partial charge in [0.2, 0.25) is 0 Å². The summed E-state index contributed by atoms with van der Waals surface area (Å²) in [6.07, 6.45) is 2.02. The van der Waals surface area contributed by atoms with Crippen molar-refractivity contribution >= 4 is 0 Å². The van der Waals surface area contributed by atoms with Crippen molar-refractivity contribution in [1.82, 2.24) is 15.1 Å². The number of nitrogens with zero attached hydrogens (tertiary/aromatic N) is 2. The fraction of sp³-hybridized carbons (Fsp3) is 0.750. The summed E-state index contributed by atoms with van der Waals surface area (Å²) in [4.78, 5) is 0. The monoisotopic (exact) mass is 225 g/mol. The van der Waals surface area contributed by atoms with Crippen LogP contribution < -0.4 is 5.32 Å². The number of rotatable bonds is 4. The van der Waals surface area contributed by atoms with Crippen molar-refractivity contribution < 1.29 is 4.39 Å². The zero-order valence-electron chi connectivity index (χ0n) is 10.1. The maximum atomic E-state index is 14.3. The number of hydrogen-bond acceptors (Lipinski definition) is 2. The molecule has 1 atom stereocenters. The van der Waals surface area contributed by atoms with Gasteiger partial charge in [-0.25, -0.2) is 4.39 Å². The van der Waals surface area contributed by atoms with Crippen LogP contribution in [-0.2, 0) is 19.4 Å². The third-order valence-corrected chi connectivity index (χ3v) is 3.27. The smallest absolute Gasteiger partial charge is 0.130 e. The molecular weight excluding hydrogens is 205 g/mol. The Kier molecular flexibility index (Phi) is 3.28. The van der Waals surface area contributed by atoms with Crippen LogP contribution in [-0.4, -0.2) is 28.5 Å². The number of aromatic nitrogens is 2. The van der Waals surface area contributed by atoms with Crippen LogP contribution in [0, 0.1) is 0 Å². The SMILES string of the molecule is CCc1cc(CC2(F)CCNC2)n(CC)n1. The fourth-order valence-corrected chi connectivity index (χ4v) is 2.29. The molecule has 0 spiro atoms. The predicted molar refractivity (Wildman–Crippen MR) is 62.3 cm³/mol. The van der Waals surface area contributed by atoms with E-state index in [-0.39, 0.29) is 0 Å². The third kappa shape index (κ3) is 2.26. The molecule has 0 aliphatic carbocycles. The van der Waals surface area contributed by atoms with Gasteiger partial charge in [0.05, 0.1) is 5.69 Å². The summed E-state index contributed by atoms with van der Waals surface area (Å²) in [5.41, 5.74) is 1.02. The molecule has 0 bridgehead atoms. The van der Waals surface area contributed by atoms with Crippen LogP contribution in [0.2, 0.25) is 0 Å². The molecule has 1 aliphatic heterocycles. The van der Waals surface area contributed by atoms with Gasteiger partial charge in [-0.3, -0.25) is 4.68 Å². The van der Waals surface area contributed by atoms with Gasteiger partial charge in [0.1, 0.15) is 5.67 Å². The van der Waals surface area contributed by atoms with Crippen molar-refractivity contribution in [2.75, 3.05) is 13.1 Å². The summed E-state index contributed by atoms with van der Waals surface area (Å²) in [6.45, 7) is 6.21. The average Bonchev–Trinajstić information content (AvgIpc) is 2.85. The van der Waals surface area contributed by atoms with Crippen molar-refractivity contribution in [3.05, 3.63) is 17.5 Å². The Morgan fingerprint density at radius 2 is 2.38 bits per heavy atom. The van der Waals surface area contributed by atoms with Crippen LogP contribution in [0.4, 0.5) is 4.39 Å². The highest BCUT2D eigenvalue weighted by molar-refractivity contribution is 5.14. The number of aryl methyl sites for hydroxylation is 2. The summed E-state index contributed by atoms with van der Waals surface area (Å²) in [7, 11) is 0. The second kappa shape index (κ2) is 4.53. The highest BCUT2D eigenvalue weighted by Gasteiger charge is 2.34. The van der Waals surface area contributed by atoms with E-state index in [1.165, 1.54) is 0 Å². The number of alkyl halides is 1. The first-order valence-electron chi connectivity index (χ1n) is 6.12. The van der Waals surface area contributed by atoms with E-state index in [2.05, 4.69) is 17.3 Å². The molecule has 0 radical (unpaired) electrons. The minimum atomic E-state index is -1.07. The van der Waals surface area contributed by atoms with E-state index >= 15 is 0 Å². The average molecular weight is 225 g/mol. The van der Waals surface area contributed by atoms with E-state index in [9.17, 15) is 4.39 Å². The first-order valence-corrected chi connectivity index (χ1v) is 6.12. The molecule has 90 valence electrons. The standard InChI is InChI=1S/C12H20FN3/c1-3-10-7-11(16(4-2)15-10)8-12(13)5-6-14-9-12/h7,14H,3-6,8-9H2,1-2H3. The molecule has 4 heteroatoms. The number of nitrogens with one attached hydrogen (secondary N) is 1. The van der Waals surface area contributed by atoms with Gasteiger partial charge in [-0.2, -0.15) is 5.10 Å². The maximum absolute atomic E-state index is 14.3. The van der Waals surface area contributed by atoms with Crippen LogP contribution in [0.5, 0.6) is 0 Å². The first kappa shape index (κ1) is 11.6. The summed E-state index contributed by atoms with van der Waals surface area (Å²) in [6, 6.07) is 2.04. The molecule has 1 unspecified atom stereocenters. The van der Waals surface area contributed by atoms with Gasteiger partial charge in [0, 0.05) is 25.2 Å². The highest BCUT2D eigenvalue weighted by Crippen LogP contribution is 2.25. The Morgan fingerprint density at radius 1 is 1.56 bits per heavy atom. The van der Waals surface area contributed by atoms with E-state index in [4.69, 9.17) is 0 Å². The van der Waals surface area contributed by atoms with E-state index in [1.807, 2.05) is 17.7 Å². The Morgan fingerprint density at radius 3 is 2.94 bits per heavy atom. The molecule has 16 heavy (non-hydrogen) atoms. The lowest BCUT2D eigenvalue weighted by molar-refractivity contribution is 0.186. The van der Waals surface area contributed by atoms with Crippen molar-refractivity contribution in [3.8, 4) is 0 Å². The van der Waals surface area contributed by atoms with Crippen LogP contribution >= 0.6 is 0 Å². The molecule has 1 aliphatic rings. The Labute approximate surface area is 96.0 Å². The zero-order valence-corrected chi connectivity index (χ0v) is 10.1. The molecule has 1 saturated heterocycles. The van der Waals surface area contributed by atoms with E-state index in [1.54, 1.807) is 0 Å². The molecule has 0 saturated carbocycles. The van der Waals surface area contributed by atoms with Crippen molar-refractivity contribution in [3.63, 3.8) is 0 Å². The topological polar surface area (TPSA) is 29.9 Å². The van der Waals surface area contributed by atoms with Crippen LogP contribution in [0.1, 0.15) is 31.7 Å². The second-order valence-corrected chi connectivity index (χ2v) is 4.55. The highest BCUT2D eigenvalue weighted by atomic mass is 19.1. The third-order valence-electron chi connectivity index (χ3n) is 3.27. The Bertz CT molecular complexity index is 353. The Hall–Kier alpha value is -0.900. The molecule has 2 heterocycles. The van der Waals surface area contributed by atoms with Crippen molar-refractivity contribution in [2.45, 2.75) is 45.3 Å². The largest absolute Gasteiger partial charge is 0.313 e. The molecule has 2 rings (SSSR count). The lowest BCUT2D eigenvalue weighted by atomic mass is 9.98. The minimum absolute atomic E-state index is 0.476. The van der Waals surface area contributed by atoms with Crippen molar-refractivity contribution in [1.29, 1.82) is 0 Å². The molecule has 1 fully saturated rings. The molecule has 0 amide bonds. The molecule has 0 aromatic carbocycles. The van der Waals surface area contributed by atoms with Gasteiger partial charge in [-0.1, -0.05) is 6.92 Å². The zero-order chi connectivity index (χ0) is 11.6. The molecule has 1 N–H and O–H groups in total. The van der Waals surface area contributed by atoms with Crippen LogP contribution in [0.15, 0.2) is 6.07 Å². The molecule has 3 nitrogen and oxygen atoms in total. The normalized spacial score (nSPS) is 25.2. The van der Waals surface area contributed by atoms with Crippen LogP contribution in [0.25, 0.3) is 0 Å². The molecular formula is C12H20FN3. The lowest BCUT2D eigenvalue weighted by Gasteiger charge is -2.18. The second-order valence-electron chi connectivity index (χ2n) is 4.55. The Balaban J connectivity index is 2.16. The van der Waals surface area contributed by atoms with Gasteiger partial charge in [-0.05, 0) is 32.4 Å². The minimum Gasteiger partial charge on any atom is -0.313 e. The molecule has 1 aromatic rings. The summed E-state index contributed by atoms with van der Waals surface area (Å²) in [5.74, 6) is 0. The van der Waals surface area contributed by atoms with E-state index in [0.29, 0.717) is 19.4 Å². The van der Waals surface area contributed by atoms with Gasteiger partial charge in [-0.15, -0.1) is 0 Å². The van der Waals surface area contributed by atoms with Gasteiger partial charge in [0.15, 0.2) is 0 Å². The number of halogens is 1. The van der Waals surface area contributed by atoms with E-state index < -0.39 is 5.67 Å². The fourth-order valence-electron chi connectivity index (χ4n) is 2.29. The summed E-state index contributed by atoms with van der Waals surface area (Å²) >= 11 is 0. The number of hydrogen-bond donors (Lipinski definition) is 1. The van der Waals surface area contributed by atoms with Gasteiger partial charge < -0.3 is 5.32 Å². The van der Waals surface area contributed by atoms with E-state index in [0.717, 1.165) is 30.9 Å². The first-order chi connectivity index (χ1) is 7.67. The van der Waals surface area contributed by atoms with Crippen LogP contribution in [0.3, 0.4) is 0 Å². The lowest BCUT2D eigenvalue weighted by Crippen LogP contribution is -2.29.